The Bertz CT molecular complexity index is 1030. The van der Waals surface area contributed by atoms with Crippen LogP contribution in [0.1, 0.15) is 36.5 Å². The van der Waals surface area contributed by atoms with Crippen LogP contribution in [0.4, 0.5) is 13.2 Å². The highest BCUT2D eigenvalue weighted by atomic mass is 19.4. The third-order valence-electron chi connectivity index (χ3n) is 5.41. The standard InChI is InChI=1S/C22H20BF3N2O/c23-14-6-3-5-13(11-14)19-12-16(21(29)18-9-1-2-10-27-18)15-7-4-8-17(20(15)28-19)22(24,25)26/h3-8,11-12,18,21,27,29H,1-2,9-10H2. The molecule has 0 aliphatic carbocycles. The summed E-state index contributed by atoms with van der Waals surface area (Å²) >= 11 is 0. The number of aliphatic hydroxyl groups is 1. The average Bonchev–Trinajstić information content (AvgIpc) is 2.72. The summed E-state index contributed by atoms with van der Waals surface area (Å²) in [6.07, 6.45) is -2.74. The zero-order valence-corrected chi connectivity index (χ0v) is 15.7. The number of aromatic nitrogens is 1. The van der Waals surface area contributed by atoms with Crippen molar-refractivity contribution in [1.29, 1.82) is 0 Å². The van der Waals surface area contributed by atoms with E-state index in [0.717, 1.165) is 31.9 Å². The molecule has 29 heavy (non-hydrogen) atoms. The van der Waals surface area contributed by atoms with E-state index in [1.54, 1.807) is 36.4 Å². The number of nitrogens with one attached hydrogen (secondary N) is 1. The number of rotatable bonds is 3. The number of benzene rings is 2. The first-order chi connectivity index (χ1) is 13.8. The summed E-state index contributed by atoms with van der Waals surface area (Å²) in [5, 5.41) is 14.7. The van der Waals surface area contributed by atoms with Crippen molar-refractivity contribution in [2.75, 3.05) is 6.54 Å². The molecule has 7 heteroatoms. The molecule has 2 atom stereocenters. The predicted octanol–water partition coefficient (Wildman–Crippen LogP) is 3.89. The van der Waals surface area contributed by atoms with Gasteiger partial charge in [0.25, 0.3) is 0 Å². The SMILES string of the molecule is [B]c1cccc(-c2cc(C(O)C3CCCCN3)c3cccc(C(F)(F)F)c3n2)c1. The van der Waals surface area contributed by atoms with Gasteiger partial charge in [-0.2, -0.15) is 13.2 Å². The van der Waals surface area contributed by atoms with Gasteiger partial charge in [0, 0.05) is 11.4 Å². The second-order valence-corrected chi connectivity index (χ2v) is 7.42. The molecule has 1 aromatic heterocycles. The Labute approximate surface area is 168 Å². The highest BCUT2D eigenvalue weighted by Crippen LogP contribution is 2.38. The summed E-state index contributed by atoms with van der Waals surface area (Å²) in [4.78, 5) is 4.33. The van der Waals surface area contributed by atoms with Gasteiger partial charge in [-0.3, -0.25) is 0 Å². The lowest BCUT2D eigenvalue weighted by atomic mass is 9.90. The van der Waals surface area contributed by atoms with E-state index in [4.69, 9.17) is 7.85 Å². The minimum Gasteiger partial charge on any atom is -0.387 e. The molecular weight excluding hydrogens is 376 g/mol. The molecule has 2 N–H and O–H groups in total. The van der Waals surface area contributed by atoms with E-state index >= 15 is 0 Å². The maximum Gasteiger partial charge on any atom is 0.418 e. The van der Waals surface area contributed by atoms with Crippen LogP contribution in [0, 0.1) is 0 Å². The van der Waals surface area contributed by atoms with Gasteiger partial charge in [0.05, 0.1) is 22.9 Å². The molecule has 148 valence electrons. The number of fused-ring (bicyclic) bond motifs is 1. The van der Waals surface area contributed by atoms with Gasteiger partial charge in [-0.1, -0.05) is 48.3 Å². The van der Waals surface area contributed by atoms with Crippen molar-refractivity contribution < 1.29 is 18.3 Å². The van der Waals surface area contributed by atoms with Crippen molar-refractivity contribution >= 4 is 24.2 Å². The lowest BCUT2D eigenvalue weighted by Crippen LogP contribution is -2.38. The molecule has 2 heterocycles. The molecule has 2 radical (unpaired) electrons. The first-order valence-corrected chi connectivity index (χ1v) is 9.63. The molecular formula is C22H20BF3N2O. The van der Waals surface area contributed by atoms with Gasteiger partial charge in [0.2, 0.25) is 0 Å². The van der Waals surface area contributed by atoms with Crippen LogP contribution in [0.5, 0.6) is 0 Å². The second kappa shape index (κ2) is 7.80. The molecule has 0 bridgehead atoms. The first kappa shape index (κ1) is 19.9. The highest BCUT2D eigenvalue weighted by molar-refractivity contribution is 6.32. The Morgan fingerprint density at radius 2 is 1.90 bits per heavy atom. The lowest BCUT2D eigenvalue weighted by Gasteiger charge is -2.29. The Balaban J connectivity index is 1.95. The molecule has 1 fully saturated rings. The van der Waals surface area contributed by atoms with Crippen molar-refractivity contribution in [1.82, 2.24) is 10.3 Å². The molecule has 1 saturated heterocycles. The number of hydrogen-bond donors (Lipinski definition) is 2. The van der Waals surface area contributed by atoms with E-state index in [9.17, 15) is 18.3 Å². The van der Waals surface area contributed by atoms with Gasteiger partial charge in [-0.05, 0) is 42.6 Å². The molecule has 2 unspecified atom stereocenters. The maximum absolute atomic E-state index is 13.7. The van der Waals surface area contributed by atoms with Crippen LogP contribution in [-0.2, 0) is 6.18 Å². The smallest absolute Gasteiger partial charge is 0.387 e. The number of aliphatic hydroxyl groups excluding tert-OH is 1. The molecule has 3 aromatic rings. The van der Waals surface area contributed by atoms with Crippen molar-refractivity contribution in [3.8, 4) is 11.3 Å². The summed E-state index contributed by atoms with van der Waals surface area (Å²) < 4.78 is 41.0. The largest absolute Gasteiger partial charge is 0.418 e. The van der Waals surface area contributed by atoms with Gasteiger partial charge in [-0.15, -0.1) is 0 Å². The number of halogens is 3. The number of para-hydroxylation sites is 1. The summed E-state index contributed by atoms with van der Waals surface area (Å²) in [6, 6.07) is 12.3. The van der Waals surface area contributed by atoms with Gasteiger partial charge in [0.15, 0.2) is 0 Å². The summed E-state index contributed by atoms with van der Waals surface area (Å²) in [5.74, 6) is 0. The molecule has 0 saturated carbocycles. The van der Waals surface area contributed by atoms with Crippen molar-refractivity contribution in [3.63, 3.8) is 0 Å². The predicted molar refractivity (Wildman–Crippen MR) is 108 cm³/mol. The van der Waals surface area contributed by atoms with E-state index in [0.29, 0.717) is 27.7 Å². The van der Waals surface area contributed by atoms with Gasteiger partial charge in [-0.25, -0.2) is 4.98 Å². The fraction of sp³-hybridized carbons (Fsp3) is 0.318. The number of hydrogen-bond acceptors (Lipinski definition) is 3. The quantitative estimate of drug-likeness (QED) is 0.661. The second-order valence-electron chi connectivity index (χ2n) is 7.42. The maximum atomic E-state index is 13.7. The van der Waals surface area contributed by atoms with Crippen LogP contribution in [0.25, 0.3) is 22.2 Å². The van der Waals surface area contributed by atoms with Gasteiger partial charge < -0.3 is 10.4 Å². The van der Waals surface area contributed by atoms with E-state index in [2.05, 4.69) is 10.3 Å². The fourth-order valence-electron chi connectivity index (χ4n) is 3.96. The zero-order chi connectivity index (χ0) is 20.6. The molecule has 1 aliphatic rings. The lowest BCUT2D eigenvalue weighted by molar-refractivity contribution is -0.136. The molecule has 0 amide bonds. The van der Waals surface area contributed by atoms with Crippen LogP contribution in [0.3, 0.4) is 0 Å². The van der Waals surface area contributed by atoms with Crippen LogP contribution < -0.4 is 10.8 Å². The fourth-order valence-corrected chi connectivity index (χ4v) is 3.96. The van der Waals surface area contributed by atoms with Crippen LogP contribution in [0.15, 0.2) is 48.5 Å². The van der Waals surface area contributed by atoms with Crippen LogP contribution in [-0.4, -0.2) is 30.5 Å². The Kier molecular flexibility index (Phi) is 5.36. The normalized spacial score (nSPS) is 18.7. The third-order valence-corrected chi connectivity index (χ3v) is 5.41. The van der Waals surface area contributed by atoms with Crippen molar-refractivity contribution in [2.45, 2.75) is 37.6 Å². The van der Waals surface area contributed by atoms with Crippen LogP contribution >= 0.6 is 0 Å². The van der Waals surface area contributed by atoms with E-state index in [-0.39, 0.29) is 11.6 Å². The number of alkyl halides is 3. The molecule has 4 rings (SSSR count). The zero-order valence-electron chi connectivity index (χ0n) is 15.7. The summed E-state index contributed by atoms with van der Waals surface area (Å²) in [5.41, 5.74) is 0.915. The van der Waals surface area contributed by atoms with E-state index < -0.39 is 17.8 Å². The number of nitrogens with zero attached hydrogens (tertiary/aromatic N) is 1. The summed E-state index contributed by atoms with van der Waals surface area (Å²) in [6.45, 7) is 0.778. The van der Waals surface area contributed by atoms with Crippen LogP contribution in [0.2, 0.25) is 0 Å². The highest BCUT2D eigenvalue weighted by Gasteiger charge is 2.34. The minimum absolute atomic E-state index is 0.162. The minimum atomic E-state index is -4.55. The Hall–Kier alpha value is -2.38. The first-order valence-electron chi connectivity index (χ1n) is 9.63. The molecule has 2 aromatic carbocycles. The van der Waals surface area contributed by atoms with E-state index in [1.807, 2.05) is 0 Å². The van der Waals surface area contributed by atoms with Gasteiger partial charge in [0.1, 0.15) is 7.85 Å². The third kappa shape index (κ3) is 4.02. The molecule has 0 spiro atoms. The number of pyridine rings is 1. The Morgan fingerprint density at radius 1 is 1.10 bits per heavy atom. The topological polar surface area (TPSA) is 45.1 Å². The van der Waals surface area contributed by atoms with E-state index in [1.165, 1.54) is 6.07 Å². The number of piperidine rings is 1. The average molecular weight is 396 g/mol. The molecule has 3 nitrogen and oxygen atoms in total. The Morgan fingerprint density at radius 3 is 2.59 bits per heavy atom. The molecule has 1 aliphatic heterocycles. The monoisotopic (exact) mass is 396 g/mol. The van der Waals surface area contributed by atoms with Crippen molar-refractivity contribution in [3.05, 3.63) is 59.7 Å². The van der Waals surface area contributed by atoms with Gasteiger partial charge >= 0.3 is 6.18 Å². The van der Waals surface area contributed by atoms with Crippen molar-refractivity contribution in [2.24, 2.45) is 0 Å². The summed E-state index contributed by atoms with van der Waals surface area (Å²) in [7, 11) is 5.86.